The highest BCUT2D eigenvalue weighted by Crippen LogP contribution is 2.29. The van der Waals surface area contributed by atoms with Crippen LogP contribution < -0.4 is 0 Å². The highest BCUT2D eigenvalue weighted by molar-refractivity contribution is 5.93. The first-order valence-corrected chi connectivity index (χ1v) is 6.14. The largest absolute Gasteiger partial charge is 0.386 e. The molecule has 2 rings (SSSR count). The SMILES string of the molecule is CCn1cccc1C(=O)N1CC(O)(C(C)C)C1. The van der Waals surface area contributed by atoms with Crippen LogP contribution in [0.3, 0.4) is 0 Å². The summed E-state index contributed by atoms with van der Waals surface area (Å²) >= 11 is 0. The maximum atomic E-state index is 12.2. The van der Waals surface area contributed by atoms with Crippen molar-refractivity contribution in [2.75, 3.05) is 13.1 Å². The number of hydrogen-bond acceptors (Lipinski definition) is 2. The number of likely N-dealkylation sites (tertiary alicyclic amines) is 1. The van der Waals surface area contributed by atoms with E-state index in [1.54, 1.807) is 4.90 Å². The van der Waals surface area contributed by atoms with Crippen molar-refractivity contribution in [1.82, 2.24) is 9.47 Å². The van der Waals surface area contributed by atoms with E-state index in [-0.39, 0.29) is 11.8 Å². The van der Waals surface area contributed by atoms with Gasteiger partial charge in [0, 0.05) is 12.7 Å². The highest BCUT2D eigenvalue weighted by atomic mass is 16.3. The third-order valence-electron chi connectivity index (χ3n) is 3.68. The Morgan fingerprint density at radius 2 is 2.18 bits per heavy atom. The van der Waals surface area contributed by atoms with Crippen LogP contribution in [0.5, 0.6) is 0 Å². The maximum Gasteiger partial charge on any atom is 0.270 e. The quantitative estimate of drug-likeness (QED) is 0.861. The molecule has 1 amide bonds. The van der Waals surface area contributed by atoms with E-state index in [2.05, 4.69) is 0 Å². The van der Waals surface area contributed by atoms with Gasteiger partial charge in [-0.3, -0.25) is 4.79 Å². The molecule has 1 aromatic rings. The molecular formula is C13H20N2O2. The Labute approximate surface area is 102 Å². The van der Waals surface area contributed by atoms with Crippen LogP contribution in [0.25, 0.3) is 0 Å². The van der Waals surface area contributed by atoms with E-state index in [1.165, 1.54) is 0 Å². The van der Waals surface area contributed by atoms with Gasteiger partial charge in [-0.25, -0.2) is 0 Å². The van der Waals surface area contributed by atoms with Crippen molar-refractivity contribution < 1.29 is 9.90 Å². The second-order valence-electron chi connectivity index (χ2n) is 5.10. The van der Waals surface area contributed by atoms with Crippen molar-refractivity contribution >= 4 is 5.91 Å². The van der Waals surface area contributed by atoms with E-state index in [0.717, 1.165) is 6.54 Å². The number of β-amino-alcohol motifs (C(OH)–C–C–N with tert-alkyl or cyclic N) is 1. The molecule has 17 heavy (non-hydrogen) atoms. The standard InChI is InChI=1S/C13H20N2O2/c1-4-14-7-5-6-11(14)12(16)15-8-13(17,9-15)10(2)3/h5-7,10,17H,4,8-9H2,1-3H3. The fourth-order valence-corrected chi connectivity index (χ4v) is 2.17. The van der Waals surface area contributed by atoms with Crippen LogP contribution in [-0.2, 0) is 6.54 Å². The fraction of sp³-hybridized carbons (Fsp3) is 0.615. The molecule has 0 saturated carbocycles. The normalized spacial score (nSPS) is 18.3. The smallest absolute Gasteiger partial charge is 0.270 e. The summed E-state index contributed by atoms with van der Waals surface area (Å²) in [6.45, 7) is 7.65. The van der Waals surface area contributed by atoms with Crippen LogP contribution in [0, 0.1) is 5.92 Å². The van der Waals surface area contributed by atoms with Crippen molar-refractivity contribution in [3.63, 3.8) is 0 Å². The molecule has 1 fully saturated rings. The summed E-state index contributed by atoms with van der Waals surface area (Å²) in [4.78, 5) is 13.9. The predicted octanol–water partition coefficient (Wildman–Crippen LogP) is 1.35. The Bertz CT molecular complexity index is 417. The van der Waals surface area contributed by atoms with Crippen molar-refractivity contribution in [3.05, 3.63) is 24.0 Å². The Morgan fingerprint density at radius 1 is 1.53 bits per heavy atom. The summed E-state index contributed by atoms with van der Waals surface area (Å²) in [6, 6.07) is 3.71. The van der Waals surface area contributed by atoms with E-state index >= 15 is 0 Å². The molecule has 0 unspecified atom stereocenters. The lowest BCUT2D eigenvalue weighted by Gasteiger charge is -2.49. The Kier molecular flexibility index (Phi) is 3.00. The van der Waals surface area contributed by atoms with Crippen LogP contribution in [0.2, 0.25) is 0 Å². The number of amides is 1. The number of aryl methyl sites for hydroxylation is 1. The predicted molar refractivity (Wildman–Crippen MR) is 65.8 cm³/mol. The average Bonchev–Trinajstić information content (AvgIpc) is 2.71. The lowest BCUT2D eigenvalue weighted by molar-refractivity contribution is -0.111. The Hall–Kier alpha value is -1.29. The lowest BCUT2D eigenvalue weighted by atomic mass is 9.83. The van der Waals surface area contributed by atoms with E-state index in [1.807, 2.05) is 43.7 Å². The van der Waals surface area contributed by atoms with Crippen LogP contribution >= 0.6 is 0 Å². The molecule has 1 N–H and O–H groups in total. The molecular weight excluding hydrogens is 216 g/mol. The summed E-state index contributed by atoms with van der Waals surface area (Å²) in [5.74, 6) is 0.201. The minimum atomic E-state index is -0.695. The van der Waals surface area contributed by atoms with Gasteiger partial charge in [-0.1, -0.05) is 13.8 Å². The van der Waals surface area contributed by atoms with E-state index in [9.17, 15) is 9.90 Å². The number of hydrogen-bond donors (Lipinski definition) is 1. The van der Waals surface area contributed by atoms with Gasteiger partial charge in [-0.2, -0.15) is 0 Å². The van der Waals surface area contributed by atoms with Gasteiger partial charge in [0.25, 0.3) is 5.91 Å². The minimum absolute atomic E-state index is 0.0159. The summed E-state index contributed by atoms with van der Waals surface area (Å²) < 4.78 is 1.93. The van der Waals surface area contributed by atoms with Gasteiger partial charge >= 0.3 is 0 Å². The van der Waals surface area contributed by atoms with E-state index < -0.39 is 5.60 Å². The van der Waals surface area contributed by atoms with Crippen molar-refractivity contribution in [2.24, 2.45) is 5.92 Å². The molecule has 94 valence electrons. The summed E-state index contributed by atoms with van der Waals surface area (Å²) in [5.41, 5.74) is 0.0116. The number of rotatable bonds is 3. The topological polar surface area (TPSA) is 45.5 Å². The van der Waals surface area contributed by atoms with Crippen LogP contribution in [0.15, 0.2) is 18.3 Å². The minimum Gasteiger partial charge on any atom is -0.386 e. The van der Waals surface area contributed by atoms with Crippen LogP contribution in [-0.4, -0.2) is 39.2 Å². The molecule has 0 atom stereocenters. The molecule has 0 aliphatic carbocycles. The zero-order valence-corrected chi connectivity index (χ0v) is 10.7. The third kappa shape index (κ3) is 1.97. The first-order chi connectivity index (χ1) is 7.98. The van der Waals surface area contributed by atoms with Gasteiger partial charge in [-0.05, 0) is 25.0 Å². The number of nitrogens with zero attached hydrogens (tertiary/aromatic N) is 2. The second-order valence-corrected chi connectivity index (χ2v) is 5.10. The molecule has 0 aromatic carbocycles. The molecule has 1 aliphatic rings. The molecule has 1 saturated heterocycles. The number of aliphatic hydroxyl groups is 1. The molecule has 4 heteroatoms. The van der Waals surface area contributed by atoms with Crippen molar-refractivity contribution in [3.8, 4) is 0 Å². The van der Waals surface area contributed by atoms with Crippen LogP contribution in [0.1, 0.15) is 31.3 Å². The van der Waals surface area contributed by atoms with Gasteiger partial charge in [0.15, 0.2) is 0 Å². The lowest BCUT2D eigenvalue weighted by Crippen LogP contribution is -2.66. The first-order valence-electron chi connectivity index (χ1n) is 6.14. The van der Waals surface area contributed by atoms with Gasteiger partial charge in [0.05, 0.1) is 13.1 Å². The zero-order chi connectivity index (χ0) is 12.6. The summed E-state index contributed by atoms with van der Waals surface area (Å²) in [6.07, 6.45) is 1.90. The molecule has 0 radical (unpaired) electrons. The van der Waals surface area contributed by atoms with Gasteiger partial charge in [0.2, 0.25) is 0 Å². The van der Waals surface area contributed by atoms with Crippen molar-refractivity contribution in [2.45, 2.75) is 32.9 Å². The number of aromatic nitrogens is 1. The van der Waals surface area contributed by atoms with Gasteiger partial charge < -0.3 is 14.6 Å². The fourth-order valence-electron chi connectivity index (χ4n) is 2.17. The number of carbonyl (C=O) groups excluding carboxylic acids is 1. The molecule has 1 aromatic heterocycles. The summed E-state index contributed by atoms with van der Waals surface area (Å²) in [5, 5.41) is 10.1. The summed E-state index contributed by atoms with van der Waals surface area (Å²) in [7, 11) is 0. The molecule has 2 heterocycles. The Balaban J connectivity index is 2.05. The highest BCUT2D eigenvalue weighted by Gasteiger charge is 2.46. The molecule has 4 nitrogen and oxygen atoms in total. The molecule has 0 bridgehead atoms. The Morgan fingerprint density at radius 3 is 2.71 bits per heavy atom. The molecule has 1 aliphatic heterocycles. The monoisotopic (exact) mass is 236 g/mol. The second kappa shape index (κ2) is 4.18. The van der Waals surface area contributed by atoms with Gasteiger partial charge in [0.1, 0.15) is 11.3 Å². The molecule has 0 spiro atoms. The van der Waals surface area contributed by atoms with Crippen LogP contribution in [0.4, 0.5) is 0 Å². The average molecular weight is 236 g/mol. The number of carbonyl (C=O) groups is 1. The third-order valence-corrected chi connectivity index (χ3v) is 3.68. The first kappa shape index (κ1) is 12.2. The van der Waals surface area contributed by atoms with E-state index in [4.69, 9.17) is 0 Å². The zero-order valence-electron chi connectivity index (χ0n) is 10.7. The maximum absolute atomic E-state index is 12.2. The van der Waals surface area contributed by atoms with E-state index in [0.29, 0.717) is 18.8 Å². The van der Waals surface area contributed by atoms with Gasteiger partial charge in [-0.15, -0.1) is 0 Å². The van der Waals surface area contributed by atoms with Crippen molar-refractivity contribution in [1.29, 1.82) is 0 Å².